The quantitative estimate of drug-likeness (QED) is 0.547. The summed E-state index contributed by atoms with van der Waals surface area (Å²) in [5, 5.41) is 2.87. The number of hydrogen-bond donors (Lipinski definition) is 1. The van der Waals surface area contributed by atoms with E-state index in [-0.39, 0.29) is 17.3 Å². The largest absolute Gasteiger partial charge is 0.494 e. The molecule has 28 heavy (non-hydrogen) atoms. The second-order valence-electron chi connectivity index (χ2n) is 7.69. The summed E-state index contributed by atoms with van der Waals surface area (Å²) < 4.78 is 10.4. The number of benzene rings is 2. The van der Waals surface area contributed by atoms with Gasteiger partial charge in [0.2, 0.25) is 5.91 Å². The number of esters is 1. The van der Waals surface area contributed by atoms with Gasteiger partial charge >= 0.3 is 5.97 Å². The number of rotatable bonds is 8. The van der Waals surface area contributed by atoms with Crippen LogP contribution in [0.15, 0.2) is 48.5 Å². The third kappa shape index (κ3) is 6.72. The van der Waals surface area contributed by atoms with Crippen LogP contribution < -0.4 is 10.1 Å². The fourth-order valence-electron chi connectivity index (χ4n) is 2.64. The van der Waals surface area contributed by atoms with Crippen molar-refractivity contribution < 1.29 is 19.1 Å². The van der Waals surface area contributed by atoms with Crippen molar-refractivity contribution in [2.24, 2.45) is 0 Å². The van der Waals surface area contributed by atoms with Crippen LogP contribution in [0.3, 0.4) is 0 Å². The second kappa shape index (κ2) is 9.93. The second-order valence-corrected chi connectivity index (χ2v) is 7.69. The van der Waals surface area contributed by atoms with Crippen LogP contribution in [0.1, 0.15) is 55.1 Å². The van der Waals surface area contributed by atoms with Crippen LogP contribution in [0.2, 0.25) is 0 Å². The monoisotopic (exact) mass is 383 g/mol. The van der Waals surface area contributed by atoms with Crippen molar-refractivity contribution in [1.82, 2.24) is 5.32 Å². The highest BCUT2D eigenvalue weighted by Crippen LogP contribution is 2.24. The highest BCUT2D eigenvalue weighted by molar-refractivity contribution is 5.89. The van der Waals surface area contributed by atoms with Crippen molar-refractivity contribution in [1.29, 1.82) is 0 Å². The minimum atomic E-state index is -0.372. The van der Waals surface area contributed by atoms with Crippen molar-refractivity contribution in [3.05, 3.63) is 65.2 Å². The normalized spacial score (nSPS) is 11.0. The lowest BCUT2D eigenvalue weighted by Gasteiger charge is -2.19. The highest BCUT2D eigenvalue weighted by atomic mass is 16.5. The number of amides is 1. The van der Waals surface area contributed by atoms with Gasteiger partial charge in [-0.2, -0.15) is 0 Å². The Balaban J connectivity index is 1.67. The molecule has 0 bridgehead atoms. The molecule has 150 valence electrons. The van der Waals surface area contributed by atoms with Gasteiger partial charge in [0.1, 0.15) is 5.75 Å². The standard InChI is InChI=1S/C23H29NO4/c1-23(2,3)19-11-13-20(14-12-19)28-15-5-6-21(25)24-16-17-7-9-18(10-8-17)22(26)27-4/h7-14H,5-6,15-16H2,1-4H3,(H,24,25). The van der Waals surface area contributed by atoms with Crippen LogP contribution in [0.5, 0.6) is 5.75 Å². The molecule has 0 aromatic heterocycles. The number of methoxy groups -OCH3 is 1. The summed E-state index contributed by atoms with van der Waals surface area (Å²) >= 11 is 0. The molecular weight excluding hydrogens is 354 g/mol. The van der Waals surface area contributed by atoms with Gasteiger partial charge in [-0.25, -0.2) is 4.79 Å². The SMILES string of the molecule is COC(=O)c1ccc(CNC(=O)CCCOc2ccc(C(C)(C)C)cc2)cc1. The molecule has 0 aliphatic carbocycles. The average molecular weight is 383 g/mol. The predicted molar refractivity (Wildman–Crippen MR) is 109 cm³/mol. The summed E-state index contributed by atoms with van der Waals surface area (Å²) in [5.74, 6) is 0.423. The van der Waals surface area contributed by atoms with E-state index in [0.717, 1.165) is 11.3 Å². The average Bonchev–Trinajstić information content (AvgIpc) is 2.69. The molecule has 0 atom stereocenters. The molecule has 0 saturated carbocycles. The van der Waals surface area contributed by atoms with E-state index in [0.29, 0.717) is 31.6 Å². The van der Waals surface area contributed by atoms with E-state index in [1.54, 1.807) is 24.3 Å². The molecule has 0 fully saturated rings. The van der Waals surface area contributed by atoms with Gasteiger partial charge in [-0.3, -0.25) is 4.79 Å². The fourth-order valence-corrected chi connectivity index (χ4v) is 2.64. The van der Waals surface area contributed by atoms with Gasteiger partial charge in [0.25, 0.3) is 0 Å². The van der Waals surface area contributed by atoms with Crippen LogP contribution in [-0.4, -0.2) is 25.6 Å². The van der Waals surface area contributed by atoms with Crippen LogP contribution in [0.25, 0.3) is 0 Å². The maximum absolute atomic E-state index is 12.0. The van der Waals surface area contributed by atoms with E-state index < -0.39 is 0 Å². The molecule has 0 radical (unpaired) electrons. The molecule has 0 saturated heterocycles. The molecule has 2 rings (SSSR count). The Kier molecular flexibility index (Phi) is 7.61. The molecule has 2 aromatic rings. The lowest BCUT2D eigenvalue weighted by Crippen LogP contribution is -2.23. The Bertz CT molecular complexity index is 774. The van der Waals surface area contributed by atoms with Crippen LogP contribution in [0, 0.1) is 0 Å². The number of carbonyl (C=O) groups excluding carboxylic acids is 2. The van der Waals surface area contributed by atoms with Crippen molar-refractivity contribution in [2.45, 2.75) is 45.6 Å². The summed E-state index contributed by atoms with van der Waals surface area (Å²) in [7, 11) is 1.35. The zero-order valence-corrected chi connectivity index (χ0v) is 17.1. The topological polar surface area (TPSA) is 64.6 Å². The lowest BCUT2D eigenvalue weighted by atomic mass is 9.87. The van der Waals surface area contributed by atoms with Crippen molar-refractivity contribution >= 4 is 11.9 Å². The van der Waals surface area contributed by atoms with Gasteiger partial charge in [0.05, 0.1) is 19.3 Å². The van der Waals surface area contributed by atoms with Gasteiger partial charge in [-0.05, 0) is 47.2 Å². The maximum atomic E-state index is 12.0. The minimum Gasteiger partial charge on any atom is -0.494 e. The third-order valence-electron chi connectivity index (χ3n) is 4.40. The Hall–Kier alpha value is -2.82. The zero-order valence-electron chi connectivity index (χ0n) is 17.1. The summed E-state index contributed by atoms with van der Waals surface area (Å²) in [6.45, 7) is 7.45. The number of nitrogens with one attached hydrogen (secondary N) is 1. The maximum Gasteiger partial charge on any atom is 0.337 e. The molecule has 1 amide bonds. The van der Waals surface area contributed by atoms with E-state index in [9.17, 15) is 9.59 Å². The molecule has 0 unspecified atom stereocenters. The van der Waals surface area contributed by atoms with Gasteiger partial charge in [0, 0.05) is 13.0 Å². The highest BCUT2D eigenvalue weighted by Gasteiger charge is 2.13. The lowest BCUT2D eigenvalue weighted by molar-refractivity contribution is -0.121. The number of ether oxygens (including phenoxy) is 2. The zero-order chi connectivity index (χ0) is 20.6. The van der Waals surface area contributed by atoms with Crippen molar-refractivity contribution in [3.63, 3.8) is 0 Å². The Morgan fingerprint density at radius 2 is 1.61 bits per heavy atom. The fraction of sp³-hybridized carbons (Fsp3) is 0.391. The third-order valence-corrected chi connectivity index (χ3v) is 4.40. The molecule has 0 aliphatic heterocycles. The van der Waals surface area contributed by atoms with E-state index in [1.165, 1.54) is 12.7 Å². The van der Waals surface area contributed by atoms with E-state index in [1.807, 2.05) is 12.1 Å². The summed E-state index contributed by atoms with van der Waals surface area (Å²) in [6.07, 6.45) is 1.05. The molecule has 5 nitrogen and oxygen atoms in total. The van der Waals surface area contributed by atoms with Crippen LogP contribution >= 0.6 is 0 Å². The van der Waals surface area contributed by atoms with Gasteiger partial charge in [0.15, 0.2) is 0 Å². The molecule has 2 aromatic carbocycles. The molecule has 0 heterocycles. The smallest absolute Gasteiger partial charge is 0.337 e. The van der Waals surface area contributed by atoms with E-state index >= 15 is 0 Å². The number of hydrogen-bond acceptors (Lipinski definition) is 4. The van der Waals surface area contributed by atoms with Gasteiger partial charge < -0.3 is 14.8 Å². The molecule has 0 spiro atoms. The van der Waals surface area contributed by atoms with Gasteiger partial charge in [-0.15, -0.1) is 0 Å². The summed E-state index contributed by atoms with van der Waals surface area (Å²) in [6, 6.07) is 15.1. The van der Waals surface area contributed by atoms with Crippen molar-refractivity contribution in [2.75, 3.05) is 13.7 Å². The van der Waals surface area contributed by atoms with E-state index in [2.05, 4.69) is 43.0 Å². The van der Waals surface area contributed by atoms with Gasteiger partial charge in [-0.1, -0.05) is 45.0 Å². The first-order chi connectivity index (χ1) is 13.3. The summed E-state index contributed by atoms with van der Waals surface area (Å²) in [5.41, 5.74) is 2.80. The van der Waals surface area contributed by atoms with Crippen LogP contribution in [0.4, 0.5) is 0 Å². The molecule has 5 heteroatoms. The van der Waals surface area contributed by atoms with Crippen molar-refractivity contribution in [3.8, 4) is 5.75 Å². The molecular formula is C23H29NO4. The molecule has 0 aliphatic rings. The van der Waals surface area contributed by atoms with E-state index in [4.69, 9.17) is 4.74 Å². The first kappa shape index (κ1) is 21.5. The predicted octanol–water partition coefficient (Wildman–Crippen LogP) is 4.25. The first-order valence-corrected chi connectivity index (χ1v) is 9.47. The van der Waals surface area contributed by atoms with Crippen LogP contribution in [-0.2, 0) is 21.5 Å². The Morgan fingerprint density at radius 3 is 2.18 bits per heavy atom. The molecule has 1 N–H and O–H groups in total. The first-order valence-electron chi connectivity index (χ1n) is 9.47. The Morgan fingerprint density at radius 1 is 0.964 bits per heavy atom. The summed E-state index contributed by atoms with van der Waals surface area (Å²) in [4.78, 5) is 23.4. The Labute approximate surface area is 167 Å². The number of carbonyl (C=O) groups is 2. The minimum absolute atomic E-state index is 0.0243.